The summed E-state index contributed by atoms with van der Waals surface area (Å²) in [6.07, 6.45) is 8.73. The van der Waals surface area contributed by atoms with Gasteiger partial charge in [-0.05, 0) is 24.6 Å². The summed E-state index contributed by atoms with van der Waals surface area (Å²) < 4.78 is 27.5. The predicted octanol–water partition coefficient (Wildman–Crippen LogP) is 5.63. The summed E-state index contributed by atoms with van der Waals surface area (Å²) >= 11 is 4.65. The topological polar surface area (TPSA) is 44.8 Å². The highest BCUT2D eigenvalue weighted by molar-refractivity contribution is 7.96. The Morgan fingerprint density at radius 2 is 1.42 bits per heavy atom. The molecule has 1 unspecified atom stereocenters. The molecular formula is C12H26O4P2S. The van der Waals surface area contributed by atoms with Gasteiger partial charge in [0.2, 0.25) is 0 Å². The Kier molecular flexibility index (Phi) is 14.1. The zero-order chi connectivity index (χ0) is 14.4. The zero-order valence-electron chi connectivity index (χ0n) is 12.0. The molecule has 0 aliphatic rings. The van der Waals surface area contributed by atoms with Crippen molar-refractivity contribution in [3.8, 4) is 0 Å². The van der Waals surface area contributed by atoms with Gasteiger partial charge >= 0.3 is 7.82 Å². The van der Waals surface area contributed by atoms with Gasteiger partial charge in [-0.15, -0.1) is 0 Å². The first-order valence-corrected chi connectivity index (χ1v) is 10.4. The number of rotatable bonds is 14. The van der Waals surface area contributed by atoms with Crippen LogP contribution in [0.25, 0.3) is 0 Å². The van der Waals surface area contributed by atoms with Crippen LogP contribution in [-0.2, 0) is 29.7 Å². The van der Waals surface area contributed by atoms with Crippen LogP contribution in [0.2, 0.25) is 0 Å². The molecule has 0 bridgehead atoms. The molecule has 0 spiro atoms. The molecule has 0 amide bonds. The maximum absolute atomic E-state index is 12.1. The molecule has 0 aliphatic carbocycles. The van der Waals surface area contributed by atoms with Crippen LogP contribution in [0.1, 0.15) is 65.2 Å². The molecule has 0 rings (SSSR count). The van der Waals surface area contributed by atoms with Gasteiger partial charge < -0.3 is 0 Å². The Morgan fingerprint density at radius 3 is 2.00 bits per heavy atom. The monoisotopic (exact) mass is 328 g/mol. The average molecular weight is 328 g/mol. The normalized spacial score (nSPS) is 14.6. The summed E-state index contributed by atoms with van der Waals surface area (Å²) in [5, 5.41) is 0. The minimum Gasteiger partial charge on any atom is -0.286 e. The van der Waals surface area contributed by atoms with E-state index < -0.39 is 7.82 Å². The fourth-order valence-electron chi connectivity index (χ4n) is 1.50. The molecule has 1 atom stereocenters. The van der Waals surface area contributed by atoms with Gasteiger partial charge in [-0.1, -0.05) is 52.4 Å². The third-order valence-corrected chi connectivity index (χ3v) is 5.29. The van der Waals surface area contributed by atoms with E-state index in [0.29, 0.717) is 13.2 Å². The van der Waals surface area contributed by atoms with Crippen LogP contribution in [0.5, 0.6) is 0 Å². The molecule has 0 saturated heterocycles. The standard InChI is InChI=1S/C12H26O4P2S/c1-3-5-7-8-9-10-12-15-18(13,16-17-19)14-11-6-4-2/h3-12H2,1-2H3. The van der Waals surface area contributed by atoms with Crippen molar-refractivity contribution in [2.24, 2.45) is 0 Å². The molecular weight excluding hydrogens is 302 g/mol. The van der Waals surface area contributed by atoms with Crippen molar-refractivity contribution in [2.45, 2.75) is 65.2 Å². The molecule has 0 fully saturated rings. The van der Waals surface area contributed by atoms with Crippen molar-refractivity contribution in [2.75, 3.05) is 13.2 Å². The fourth-order valence-corrected chi connectivity index (χ4v) is 3.72. The molecule has 0 aromatic heterocycles. The highest BCUT2D eigenvalue weighted by Crippen LogP contribution is 2.52. The van der Waals surface area contributed by atoms with Crippen molar-refractivity contribution in [3.63, 3.8) is 0 Å². The van der Waals surface area contributed by atoms with Crippen molar-refractivity contribution in [1.29, 1.82) is 0 Å². The van der Waals surface area contributed by atoms with Gasteiger partial charge in [0, 0.05) is 0 Å². The number of hydrogen-bond donors (Lipinski definition) is 0. The minimum atomic E-state index is -3.43. The lowest BCUT2D eigenvalue weighted by Crippen LogP contribution is -1.99. The van der Waals surface area contributed by atoms with Crippen molar-refractivity contribution in [1.82, 2.24) is 0 Å². The molecule has 114 valence electrons. The summed E-state index contributed by atoms with van der Waals surface area (Å²) in [5.74, 6) is 0. The van der Waals surface area contributed by atoms with E-state index in [4.69, 9.17) is 13.4 Å². The molecule has 19 heavy (non-hydrogen) atoms. The Bertz CT molecular complexity index is 264. The quantitative estimate of drug-likeness (QED) is 0.305. The van der Waals surface area contributed by atoms with Crippen LogP contribution in [-0.4, -0.2) is 13.2 Å². The number of phosphoric acid groups is 1. The number of hydrogen-bond acceptors (Lipinski definition) is 5. The summed E-state index contributed by atoms with van der Waals surface area (Å²) in [7, 11) is -3.27. The lowest BCUT2D eigenvalue weighted by Gasteiger charge is -2.14. The molecule has 0 aromatic rings. The van der Waals surface area contributed by atoms with E-state index in [-0.39, 0.29) is 7.58 Å². The lowest BCUT2D eigenvalue weighted by atomic mass is 10.1. The summed E-state index contributed by atoms with van der Waals surface area (Å²) in [5.41, 5.74) is 0. The van der Waals surface area contributed by atoms with E-state index in [1.54, 1.807) is 0 Å². The van der Waals surface area contributed by atoms with E-state index in [2.05, 4.69) is 18.7 Å². The third-order valence-electron chi connectivity index (χ3n) is 2.63. The van der Waals surface area contributed by atoms with Gasteiger partial charge in [-0.3, -0.25) is 9.05 Å². The Labute approximate surface area is 124 Å². The zero-order valence-corrected chi connectivity index (χ0v) is 14.6. The van der Waals surface area contributed by atoms with Gasteiger partial charge in [-0.25, -0.2) is 8.88 Å². The molecule has 0 saturated carbocycles. The maximum Gasteiger partial charge on any atom is 0.483 e. The van der Waals surface area contributed by atoms with Crippen molar-refractivity contribution >= 4 is 27.2 Å². The highest BCUT2D eigenvalue weighted by Gasteiger charge is 2.25. The van der Waals surface area contributed by atoms with Crippen LogP contribution < -0.4 is 0 Å². The van der Waals surface area contributed by atoms with Gasteiger partial charge in [0.1, 0.15) is 7.58 Å². The fraction of sp³-hybridized carbons (Fsp3) is 1.00. The largest absolute Gasteiger partial charge is 0.483 e. The number of phosphoric ester groups is 1. The van der Waals surface area contributed by atoms with Crippen LogP contribution >= 0.6 is 15.4 Å². The molecule has 0 N–H and O–H groups in total. The number of unbranched alkanes of at least 4 members (excludes halogenated alkanes) is 6. The van der Waals surface area contributed by atoms with Crippen LogP contribution in [0.4, 0.5) is 0 Å². The maximum atomic E-state index is 12.1. The molecule has 0 heterocycles. The van der Waals surface area contributed by atoms with E-state index >= 15 is 0 Å². The van der Waals surface area contributed by atoms with E-state index in [1.165, 1.54) is 25.7 Å². The van der Waals surface area contributed by atoms with Crippen molar-refractivity contribution < 1.29 is 17.9 Å². The summed E-state index contributed by atoms with van der Waals surface area (Å²) in [6, 6.07) is 0. The van der Waals surface area contributed by atoms with Crippen LogP contribution in [0, 0.1) is 0 Å². The van der Waals surface area contributed by atoms with Gasteiger partial charge in [0.25, 0.3) is 0 Å². The first-order valence-electron chi connectivity index (χ1n) is 7.09. The average Bonchev–Trinajstić information content (AvgIpc) is 2.38. The SMILES string of the molecule is CCCCCCCCOP(=O)(OCCCC)OP=S. The summed E-state index contributed by atoms with van der Waals surface area (Å²) in [4.78, 5) is 0. The third kappa shape index (κ3) is 12.1. The van der Waals surface area contributed by atoms with Crippen LogP contribution in [0.3, 0.4) is 0 Å². The molecule has 0 aromatic carbocycles. The Balaban J connectivity index is 3.74. The van der Waals surface area contributed by atoms with Gasteiger partial charge in [0.05, 0.1) is 13.2 Å². The van der Waals surface area contributed by atoms with Crippen LogP contribution in [0.15, 0.2) is 0 Å². The highest BCUT2D eigenvalue weighted by atomic mass is 32.4. The molecule has 7 heteroatoms. The second-order valence-electron chi connectivity index (χ2n) is 4.39. The van der Waals surface area contributed by atoms with E-state index in [1.807, 2.05) is 6.92 Å². The molecule has 0 radical (unpaired) electrons. The van der Waals surface area contributed by atoms with E-state index in [9.17, 15) is 4.57 Å². The van der Waals surface area contributed by atoms with Gasteiger partial charge in [0.15, 0.2) is 0 Å². The van der Waals surface area contributed by atoms with Crippen molar-refractivity contribution in [3.05, 3.63) is 0 Å². The molecule has 4 nitrogen and oxygen atoms in total. The summed E-state index contributed by atoms with van der Waals surface area (Å²) in [6.45, 7) is 5.02. The predicted molar refractivity (Wildman–Crippen MR) is 83.2 cm³/mol. The lowest BCUT2D eigenvalue weighted by molar-refractivity contribution is 0.157. The second kappa shape index (κ2) is 13.6. The minimum absolute atomic E-state index is 0.158. The first kappa shape index (κ1) is 19.6. The molecule has 0 aliphatic heterocycles. The Morgan fingerprint density at radius 1 is 0.895 bits per heavy atom. The smallest absolute Gasteiger partial charge is 0.286 e. The van der Waals surface area contributed by atoms with E-state index in [0.717, 1.165) is 25.7 Å². The Hall–Kier alpha value is 0.630. The first-order chi connectivity index (χ1) is 9.18. The van der Waals surface area contributed by atoms with Gasteiger partial charge in [-0.2, -0.15) is 0 Å². The second-order valence-corrected chi connectivity index (χ2v) is 7.05.